The van der Waals surface area contributed by atoms with Gasteiger partial charge in [-0.15, -0.1) is 5.10 Å². The van der Waals surface area contributed by atoms with Gasteiger partial charge in [0, 0.05) is 26.2 Å². The zero-order chi connectivity index (χ0) is 19.7. The lowest BCUT2D eigenvalue weighted by Gasteiger charge is -2.33. The molecule has 3 aromatic rings. The maximum Gasteiger partial charge on any atom is 0.276 e. The molecule has 9 heteroatoms. The molecular weight excluding hydrogens is 385 g/mol. The second kappa shape index (κ2) is 7.73. The van der Waals surface area contributed by atoms with Crippen molar-refractivity contribution < 1.29 is 13.6 Å². The summed E-state index contributed by atoms with van der Waals surface area (Å²) in [7, 11) is 0. The van der Waals surface area contributed by atoms with Gasteiger partial charge in [0.1, 0.15) is 11.6 Å². The van der Waals surface area contributed by atoms with Crippen LogP contribution in [-0.2, 0) is 6.54 Å². The van der Waals surface area contributed by atoms with Gasteiger partial charge in [-0.3, -0.25) is 9.69 Å². The average Bonchev–Trinajstić information content (AvgIpc) is 3.34. The van der Waals surface area contributed by atoms with E-state index >= 15 is 0 Å². The fourth-order valence-corrected chi connectivity index (χ4v) is 3.45. The van der Waals surface area contributed by atoms with Crippen LogP contribution in [0.2, 0.25) is 5.02 Å². The molecule has 1 aliphatic rings. The van der Waals surface area contributed by atoms with E-state index in [4.69, 9.17) is 16.0 Å². The number of furan rings is 1. The summed E-state index contributed by atoms with van der Waals surface area (Å²) in [6.07, 6.45) is 1.66. The highest BCUT2D eigenvalue weighted by molar-refractivity contribution is 6.30. The molecule has 1 aromatic carbocycles. The number of halogens is 2. The van der Waals surface area contributed by atoms with E-state index in [9.17, 15) is 9.18 Å². The van der Waals surface area contributed by atoms with E-state index in [-0.39, 0.29) is 10.9 Å². The Kier molecular flexibility index (Phi) is 5.15. The number of hydrogen-bond acceptors (Lipinski definition) is 5. The number of benzene rings is 1. The van der Waals surface area contributed by atoms with Crippen LogP contribution in [0.15, 0.2) is 41.0 Å². The van der Waals surface area contributed by atoms with Crippen molar-refractivity contribution in [1.82, 2.24) is 24.8 Å². The summed E-state index contributed by atoms with van der Waals surface area (Å²) in [5, 5.41) is 8.10. The van der Waals surface area contributed by atoms with Crippen LogP contribution in [0.5, 0.6) is 0 Å². The van der Waals surface area contributed by atoms with E-state index < -0.39 is 5.82 Å². The number of piperazine rings is 1. The molecule has 0 unspecified atom stereocenters. The molecule has 1 saturated heterocycles. The van der Waals surface area contributed by atoms with Gasteiger partial charge in [-0.1, -0.05) is 16.8 Å². The number of carbonyl (C=O) groups is 1. The van der Waals surface area contributed by atoms with Crippen molar-refractivity contribution in [3.05, 3.63) is 64.6 Å². The van der Waals surface area contributed by atoms with E-state index in [0.717, 1.165) is 25.4 Å². The lowest BCUT2D eigenvalue weighted by molar-refractivity contribution is 0.0614. The van der Waals surface area contributed by atoms with Crippen LogP contribution in [0, 0.1) is 12.7 Å². The standard InChI is InChI=1S/C19H19ClFN5O2/c1-13-18(22-23-26(13)14-4-5-17(21)16(20)11-14)19(27)25-8-6-24(7-9-25)12-15-3-2-10-28-15/h2-5,10-11H,6-9,12H2,1H3. The van der Waals surface area contributed by atoms with Crippen molar-refractivity contribution in [1.29, 1.82) is 0 Å². The van der Waals surface area contributed by atoms with Crippen molar-refractivity contribution in [2.75, 3.05) is 26.2 Å². The van der Waals surface area contributed by atoms with Crippen molar-refractivity contribution in [3.8, 4) is 5.69 Å². The molecule has 0 radical (unpaired) electrons. The Morgan fingerprint density at radius 3 is 2.71 bits per heavy atom. The van der Waals surface area contributed by atoms with E-state index in [1.807, 2.05) is 12.1 Å². The van der Waals surface area contributed by atoms with Gasteiger partial charge in [0.05, 0.1) is 29.2 Å². The first-order valence-corrected chi connectivity index (χ1v) is 9.32. The van der Waals surface area contributed by atoms with E-state index in [2.05, 4.69) is 15.2 Å². The lowest BCUT2D eigenvalue weighted by Crippen LogP contribution is -2.48. The fraction of sp³-hybridized carbons (Fsp3) is 0.316. The third kappa shape index (κ3) is 3.65. The Bertz CT molecular complexity index is 980. The van der Waals surface area contributed by atoms with Gasteiger partial charge in [0.25, 0.3) is 5.91 Å². The quantitative estimate of drug-likeness (QED) is 0.670. The largest absolute Gasteiger partial charge is 0.468 e. The van der Waals surface area contributed by atoms with Gasteiger partial charge >= 0.3 is 0 Å². The van der Waals surface area contributed by atoms with Gasteiger partial charge in [-0.25, -0.2) is 9.07 Å². The smallest absolute Gasteiger partial charge is 0.276 e. The van der Waals surface area contributed by atoms with Crippen molar-refractivity contribution in [2.24, 2.45) is 0 Å². The molecule has 146 valence electrons. The predicted molar refractivity (Wildman–Crippen MR) is 101 cm³/mol. The molecule has 0 atom stereocenters. The molecule has 1 amide bonds. The normalized spacial score (nSPS) is 15.2. The zero-order valence-electron chi connectivity index (χ0n) is 15.3. The Morgan fingerprint density at radius 2 is 2.04 bits per heavy atom. The molecule has 3 heterocycles. The van der Waals surface area contributed by atoms with Gasteiger partial charge in [-0.05, 0) is 37.3 Å². The second-order valence-electron chi connectivity index (χ2n) is 6.68. The number of aromatic nitrogens is 3. The van der Waals surface area contributed by atoms with Crippen LogP contribution in [0.3, 0.4) is 0 Å². The minimum absolute atomic E-state index is 0.00652. The average molecular weight is 404 g/mol. The highest BCUT2D eigenvalue weighted by Gasteiger charge is 2.26. The molecule has 0 N–H and O–H groups in total. The third-order valence-electron chi connectivity index (χ3n) is 4.86. The van der Waals surface area contributed by atoms with E-state index in [1.165, 1.54) is 16.8 Å². The highest BCUT2D eigenvalue weighted by Crippen LogP contribution is 2.21. The van der Waals surface area contributed by atoms with Gasteiger partial charge in [0.2, 0.25) is 0 Å². The van der Waals surface area contributed by atoms with Crippen LogP contribution >= 0.6 is 11.6 Å². The highest BCUT2D eigenvalue weighted by atomic mass is 35.5. The van der Waals surface area contributed by atoms with Crippen LogP contribution in [0.1, 0.15) is 21.9 Å². The first-order chi connectivity index (χ1) is 13.5. The summed E-state index contributed by atoms with van der Waals surface area (Å²) in [5.74, 6) is 0.248. The molecule has 0 saturated carbocycles. The predicted octanol–water partition coefficient (Wildman–Crippen LogP) is 2.92. The number of hydrogen-bond donors (Lipinski definition) is 0. The number of amides is 1. The molecule has 1 fully saturated rings. The van der Waals surface area contributed by atoms with Crippen LogP contribution in [0.4, 0.5) is 4.39 Å². The lowest BCUT2D eigenvalue weighted by atomic mass is 10.2. The maximum atomic E-state index is 13.4. The first-order valence-electron chi connectivity index (χ1n) is 8.94. The van der Waals surface area contributed by atoms with Crippen LogP contribution < -0.4 is 0 Å². The third-order valence-corrected chi connectivity index (χ3v) is 5.15. The summed E-state index contributed by atoms with van der Waals surface area (Å²) in [4.78, 5) is 16.9. The minimum Gasteiger partial charge on any atom is -0.468 e. The molecule has 1 aliphatic heterocycles. The van der Waals surface area contributed by atoms with Crippen molar-refractivity contribution in [3.63, 3.8) is 0 Å². The van der Waals surface area contributed by atoms with Crippen LogP contribution in [0.25, 0.3) is 5.69 Å². The molecule has 0 aliphatic carbocycles. The van der Waals surface area contributed by atoms with Crippen LogP contribution in [-0.4, -0.2) is 56.9 Å². The summed E-state index contributed by atoms with van der Waals surface area (Å²) in [6, 6.07) is 8.08. The zero-order valence-corrected chi connectivity index (χ0v) is 16.1. The Labute approximate surface area is 166 Å². The molecule has 0 bridgehead atoms. The molecule has 0 spiro atoms. The Balaban J connectivity index is 1.44. The SMILES string of the molecule is Cc1c(C(=O)N2CCN(Cc3ccco3)CC2)nnn1-c1ccc(F)c(Cl)c1. The number of nitrogens with zero attached hydrogens (tertiary/aromatic N) is 5. The minimum atomic E-state index is -0.507. The summed E-state index contributed by atoms with van der Waals surface area (Å²) in [5.41, 5.74) is 1.43. The number of carbonyl (C=O) groups excluding carboxylic acids is 1. The molecule has 4 rings (SSSR count). The van der Waals surface area contributed by atoms with E-state index in [1.54, 1.807) is 24.2 Å². The monoisotopic (exact) mass is 403 g/mol. The molecule has 7 nitrogen and oxygen atoms in total. The second-order valence-corrected chi connectivity index (χ2v) is 7.09. The van der Waals surface area contributed by atoms with Gasteiger partial charge in [-0.2, -0.15) is 0 Å². The van der Waals surface area contributed by atoms with Crippen molar-refractivity contribution >= 4 is 17.5 Å². The van der Waals surface area contributed by atoms with Gasteiger partial charge < -0.3 is 9.32 Å². The Hall–Kier alpha value is -2.71. The summed E-state index contributed by atoms with van der Waals surface area (Å²) in [6.45, 7) is 5.22. The van der Waals surface area contributed by atoms with E-state index in [0.29, 0.717) is 30.2 Å². The van der Waals surface area contributed by atoms with Gasteiger partial charge in [0.15, 0.2) is 5.69 Å². The summed E-state index contributed by atoms with van der Waals surface area (Å²) >= 11 is 5.85. The summed E-state index contributed by atoms with van der Waals surface area (Å²) < 4.78 is 20.3. The molecular formula is C19H19ClFN5O2. The molecule has 28 heavy (non-hydrogen) atoms. The first kappa shape index (κ1) is 18.6. The number of rotatable bonds is 4. The topological polar surface area (TPSA) is 67.4 Å². The Morgan fingerprint density at radius 1 is 1.25 bits per heavy atom. The van der Waals surface area contributed by atoms with Crippen molar-refractivity contribution in [2.45, 2.75) is 13.5 Å². The molecule has 2 aromatic heterocycles. The maximum absolute atomic E-state index is 13.4. The fourth-order valence-electron chi connectivity index (χ4n) is 3.27.